The highest BCUT2D eigenvalue weighted by molar-refractivity contribution is 7.71. The summed E-state index contributed by atoms with van der Waals surface area (Å²) in [4.78, 5) is 34.7. The molecule has 0 spiro atoms. The Bertz CT molecular complexity index is 477. The first-order valence-electron chi connectivity index (χ1n) is 7.06. The molecule has 0 saturated carbocycles. The van der Waals surface area contributed by atoms with Crippen LogP contribution in [0.4, 0.5) is 4.79 Å². The Morgan fingerprint density at radius 2 is 1.12 bits per heavy atom. The van der Waals surface area contributed by atoms with Gasteiger partial charge in [0.1, 0.15) is 0 Å². The normalized spacial score (nSPS) is 12.5. The van der Waals surface area contributed by atoms with Crippen molar-refractivity contribution in [1.82, 2.24) is 0 Å². The van der Waals surface area contributed by atoms with Crippen molar-refractivity contribution in [2.75, 3.05) is 20.7 Å². The van der Waals surface area contributed by atoms with Crippen LogP contribution in [0.15, 0.2) is 0 Å². The van der Waals surface area contributed by atoms with E-state index in [0.29, 0.717) is 0 Å². The minimum absolute atomic E-state index is 0.627. The lowest BCUT2D eigenvalue weighted by atomic mass is 9.98. The van der Waals surface area contributed by atoms with Crippen molar-refractivity contribution in [1.29, 1.82) is 0 Å². The molecule has 0 atom stereocenters. The van der Waals surface area contributed by atoms with Crippen LogP contribution in [-0.4, -0.2) is 38.3 Å². The molecule has 0 aliphatic rings. The molecule has 0 saturated heterocycles. The molecule has 0 N–H and O–H groups in total. The quantitative estimate of drug-likeness (QED) is 0.289. The molecular formula is C14H25O9P. The second kappa shape index (κ2) is 8.60. The Hall–Kier alpha value is -1.44. The van der Waals surface area contributed by atoms with Crippen LogP contribution < -0.4 is 0 Å². The van der Waals surface area contributed by atoms with E-state index in [9.17, 15) is 18.9 Å². The van der Waals surface area contributed by atoms with Crippen LogP contribution in [0.5, 0.6) is 0 Å². The fourth-order valence-electron chi connectivity index (χ4n) is 0.986. The predicted molar refractivity (Wildman–Crippen MR) is 83.0 cm³/mol. The van der Waals surface area contributed by atoms with Crippen LogP contribution in [0, 0.1) is 10.8 Å². The second-order valence-corrected chi connectivity index (χ2v) is 8.70. The lowest BCUT2D eigenvalue weighted by Crippen LogP contribution is -2.25. The first-order valence-corrected chi connectivity index (χ1v) is 8.60. The molecule has 0 aliphatic carbocycles. The summed E-state index contributed by atoms with van der Waals surface area (Å²) in [6.45, 7) is 8.09. The average Bonchev–Trinajstić information content (AvgIpc) is 2.44. The zero-order valence-corrected chi connectivity index (χ0v) is 15.9. The van der Waals surface area contributed by atoms with Crippen molar-refractivity contribution in [2.24, 2.45) is 10.8 Å². The average molecular weight is 368 g/mol. The molecule has 0 unspecified atom stereocenters. The maximum Gasteiger partial charge on any atom is 0.444 e. The third-order valence-corrected chi connectivity index (χ3v) is 3.97. The van der Waals surface area contributed by atoms with Crippen molar-refractivity contribution in [3.05, 3.63) is 0 Å². The molecule has 0 bridgehead atoms. The Labute approximate surface area is 141 Å². The lowest BCUT2D eigenvalue weighted by molar-refractivity contribution is -0.161. The molecular weight excluding hydrogens is 343 g/mol. The van der Waals surface area contributed by atoms with Crippen LogP contribution in [0.25, 0.3) is 0 Å². The van der Waals surface area contributed by atoms with Crippen molar-refractivity contribution < 1.29 is 42.2 Å². The van der Waals surface area contributed by atoms with Gasteiger partial charge in [-0.3, -0.25) is 18.6 Å². The monoisotopic (exact) mass is 368 g/mol. The highest BCUT2D eigenvalue weighted by atomic mass is 31.2. The van der Waals surface area contributed by atoms with E-state index in [1.54, 1.807) is 41.5 Å². The molecule has 0 rings (SSSR count). The van der Waals surface area contributed by atoms with Crippen molar-refractivity contribution in [3.8, 4) is 0 Å². The van der Waals surface area contributed by atoms with Crippen molar-refractivity contribution in [3.63, 3.8) is 0 Å². The number of carbonyl (C=O) groups excluding carboxylic acids is 3. The molecule has 0 fully saturated rings. The molecule has 0 aromatic carbocycles. The third kappa shape index (κ3) is 7.42. The zero-order valence-electron chi connectivity index (χ0n) is 15.0. The van der Waals surface area contributed by atoms with Gasteiger partial charge in [0.05, 0.1) is 17.9 Å². The van der Waals surface area contributed by atoms with Crippen LogP contribution in [0.3, 0.4) is 0 Å². The van der Waals surface area contributed by atoms with Gasteiger partial charge in [-0.1, -0.05) is 0 Å². The molecule has 10 heteroatoms. The number of hydrogen-bond acceptors (Lipinski definition) is 9. The highest BCUT2D eigenvalue weighted by Gasteiger charge is 2.38. The number of methoxy groups -OCH3 is 1. The number of ether oxygens (including phenoxy) is 3. The molecule has 0 aliphatic heterocycles. The molecule has 140 valence electrons. The number of rotatable bonds is 7. The van der Waals surface area contributed by atoms with E-state index >= 15 is 0 Å². The van der Waals surface area contributed by atoms with Crippen LogP contribution in [0.2, 0.25) is 0 Å². The van der Waals surface area contributed by atoms with Crippen LogP contribution in [0.1, 0.15) is 41.5 Å². The molecule has 0 radical (unpaired) electrons. The fourth-order valence-corrected chi connectivity index (χ4v) is 1.88. The van der Waals surface area contributed by atoms with Gasteiger partial charge in [0.2, 0.25) is 13.6 Å². The minimum Gasteiger partial charge on any atom is -0.460 e. The maximum absolute atomic E-state index is 12.3. The SMILES string of the molecule is COC(=O)P(=O)(OCOC(=O)C(C)(C)C)OCOC(=O)C(C)(C)C. The van der Waals surface area contributed by atoms with E-state index in [-0.39, 0.29) is 0 Å². The molecule has 0 amide bonds. The van der Waals surface area contributed by atoms with E-state index in [2.05, 4.69) is 4.74 Å². The first kappa shape index (κ1) is 22.6. The Balaban J connectivity index is 4.69. The van der Waals surface area contributed by atoms with E-state index in [4.69, 9.17) is 18.5 Å². The Kier molecular flexibility index (Phi) is 8.08. The summed E-state index contributed by atoms with van der Waals surface area (Å²) in [5, 5.41) is 0. The summed E-state index contributed by atoms with van der Waals surface area (Å²) in [6.07, 6.45) is 0. The highest BCUT2D eigenvalue weighted by Crippen LogP contribution is 2.50. The Morgan fingerprint density at radius 1 is 0.792 bits per heavy atom. The topological polar surface area (TPSA) is 114 Å². The van der Waals surface area contributed by atoms with E-state index in [0.717, 1.165) is 7.11 Å². The van der Waals surface area contributed by atoms with Gasteiger partial charge >= 0.3 is 25.2 Å². The summed E-state index contributed by atoms with van der Waals surface area (Å²) in [7, 11) is -3.47. The summed E-state index contributed by atoms with van der Waals surface area (Å²) >= 11 is 0. The van der Waals surface area contributed by atoms with Gasteiger partial charge in [0.25, 0.3) is 0 Å². The molecule has 24 heavy (non-hydrogen) atoms. The Morgan fingerprint density at radius 3 is 1.38 bits per heavy atom. The van der Waals surface area contributed by atoms with Gasteiger partial charge in [-0.2, -0.15) is 0 Å². The zero-order chi connectivity index (χ0) is 19.2. The first-order chi connectivity index (χ1) is 10.7. The van der Waals surface area contributed by atoms with E-state index < -0.39 is 49.7 Å². The molecule has 0 heterocycles. The predicted octanol–water partition coefficient (Wildman–Crippen LogP) is 3.07. The summed E-state index contributed by atoms with van der Waals surface area (Å²) < 4.78 is 35.6. The van der Waals surface area contributed by atoms with E-state index in [1.165, 1.54) is 0 Å². The van der Waals surface area contributed by atoms with Gasteiger partial charge in [0, 0.05) is 0 Å². The van der Waals surface area contributed by atoms with Crippen molar-refractivity contribution >= 4 is 25.2 Å². The number of hydrogen-bond donors (Lipinski definition) is 0. The second-order valence-electron chi connectivity index (χ2n) is 6.82. The summed E-state index contributed by atoms with van der Waals surface area (Å²) in [5.41, 5.74) is -2.91. The fraction of sp³-hybridized carbons (Fsp3) is 0.786. The van der Waals surface area contributed by atoms with Gasteiger partial charge in [-0.05, 0) is 41.5 Å². The number of esters is 2. The van der Waals surface area contributed by atoms with Crippen LogP contribution >= 0.6 is 7.60 Å². The number of carbonyl (C=O) groups is 3. The molecule has 0 aromatic heterocycles. The summed E-state index contributed by atoms with van der Waals surface area (Å²) in [6, 6.07) is 0. The standard InChI is InChI=1S/C14H25O9P/c1-13(2,3)10(15)20-8-22-24(18,12(17)19-7)23-9-21-11(16)14(4,5)6/h8-9H2,1-7H3. The van der Waals surface area contributed by atoms with Crippen LogP contribution in [-0.2, 0) is 37.4 Å². The van der Waals surface area contributed by atoms with Gasteiger partial charge in [-0.15, -0.1) is 0 Å². The lowest BCUT2D eigenvalue weighted by Gasteiger charge is -2.20. The third-order valence-electron chi connectivity index (χ3n) is 2.45. The van der Waals surface area contributed by atoms with Gasteiger partial charge in [-0.25, -0.2) is 9.36 Å². The molecule has 9 nitrogen and oxygen atoms in total. The maximum atomic E-state index is 12.3. The minimum atomic E-state index is -4.44. The smallest absolute Gasteiger partial charge is 0.444 e. The largest absolute Gasteiger partial charge is 0.460 e. The molecule has 0 aromatic rings. The van der Waals surface area contributed by atoms with E-state index in [1.807, 2.05) is 0 Å². The van der Waals surface area contributed by atoms with Gasteiger partial charge < -0.3 is 14.2 Å². The summed E-state index contributed by atoms with van der Waals surface area (Å²) in [5.74, 6) is -1.25. The van der Waals surface area contributed by atoms with Gasteiger partial charge in [0.15, 0.2) is 0 Å². The van der Waals surface area contributed by atoms with Crippen molar-refractivity contribution in [2.45, 2.75) is 41.5 Å².